The Labute approximate surface area is 70.9 Å². The van der Waals surface area contributed by atoms with Crippen molar-refractivity contribution in [2.75, 3.05) is 13.1 Å². The molecule has 0 aliphatic carbocycles. The second-order valence-corrected chi connectivity index (χ2v) is 3.17. The van der Waals surface area contributed by atoms with Crippen molar-refractivity contribution in [3.8, 4) is 0 Å². The highest BCUT2D eigenvalue weighted by atomic mass is 16.4. The van der Waals surface area contributed by atoms with Crippen molar-refractivity contribution in [1.29, 1.82) is 0 Å². The van der Waals surface area contributed by atoms with Crippen LogP contribution in [-0.4, -0.2) is 30.1 Å². The minimum absolute atomic E-state index is 0.0956. The molecule has 0 radical (unpaired) electrons. The van der Waals surface area contributed by atoms with E-state index in [0.717, 1.165) is 0 Å². The molecule has 12 heavy (non-hydrogen) atoms. The molecule has 0 rings (SSSR count). The van der Waals surface area contributed by atoms with Crippen molar-refractivity contribution in [2.45, 2.75) is 13.8 Å². The third kappa shape index (κ3) is 3.34. The summed E-state index contributed by atoms with van der Waals surface area (Å²) in [5.41, 5.74) is 4.08. The molecule has 0 saturated heterocycles. The van der Waals surface area contributed by atoms with E-state index in [2.05, 4.69) is 5.32 Å². The molecule has 0 unspecified atom stereocenters. The Morgan fingerprint density at radius 2 is 2.00 bits per heavy atom. The van der Waals surface area contributed by atoms with Crippen LogP contribution >= 0.6 is 0 Å². The molecule has 70 valence electrons. The smallest absolute Gasteiger partial charge is 0.310 e. The lowest BCUT2D eigenvalue weighted by Gasteiger charge is -2.18. The zero-order valence-electron chi connectivity index (χ0n) is 7.26. The number of carbonyl (C=O) groups excluding carboxylic acids is 1. The minimum Gasteiger partial charge on any atom is -0.481 e. The fourth-order valence-electron chi connectivity index (χ4n) is 0.467. The van der Waals surface area contributed by atoms with Gasteiger partial charge < -0.3 is 16.2 Å². The summed E-state index contributed by atoms with van der Waals surface area (Å²) in [6.07, 6.45) is 0. The number of carboxylic acids is 1. The normalized spacial score (nSPS) is 10.9. The largest absolute Gasteiger partial charge is 0.481 e. The van der Waals surface area contributed by atoms with Crippen molar-refractivity contribution < 1.29 is 14.7 Å². The van der Waals surface area contributed by atoms with Gasteiger partial charge >= 0.3 is 5.97 Å². The maximum absolute atomic E-state index is 10.7. The fourth-order valence-corrected chi connectivity index (χ4v) is 0.467. The highest BCUT2D eigenvalue weighted by Gasteiger charge is 2.27. The average Bonchev–Trinajstić information content (AvgIpc) is 2.00. The Balaban J connectivity index is 3.92. The van der Waals surface area contributed by atoms with E-state index in [1.54, 1.807) is 0 Å². The van der Waals surface area contributed by atoms with Crippen molar-refractivity contribution >= 4 is 11.9 Å². The standard InChI is InChI=1S/C7H14N2O3/c1-7(2,6(11)12)4-9-5(10)3-8/h3-4,8H2,1-2H3,(H,9,10)(H,11,12). The predicted octanol–water partition coefficient (Wildman–Crippen LogP) is -0.828. The number of hydrogen-bond donors (Lipinski definition) is 3. The minimum atomic E-state index is -0.945. The quantitative estimate of drug-likeness (QED) is 0.518. The second-order valence-electron chi connectivity index (χ2n) is 3.17. The zero-order valence-corrected chi connectivity index (χ0v) is 7.26. The summed E-state index contributed by atoms with van der Waals surface area (Å²) in [4.78, 5) is 21.2. The number of rotatable bonds is 4. The molecule has 0 aromatic carbocycles. The van der Waals surface area contributed by atoms with Gasteiger partial charge in [0.1, 0.15) is 0 Å². The molecule has 5 heteroatoms. The average molecular weight is 174 g/mol. The van der Waals surface area contributed by atoms with Gasteiger partial charge in [-0.05, 0) is 13.8 Å². The summed E-state index contributed by atoms with van der Waals surface area (Å²) in [6, 6.07) is 0. The van der Waals surface area contributed by atoms with Crippen LogP contribution in [-0.2, 0) is 9.59 Å². The van der Waals surface area contributed by atoms with Gasteiger partial charge in [-0.25, -0.2) is 0 Å². The van der Waals surface area contributed by atoms with Gasteiger partial charge in [0.15, 0.2) is 0 Å². The molecule has 4 N–H and O–H groups in total. The first-order valence-corrected chi connectivity index (χ1v) is 3.60. The van der Waals surface area contributed by atoms with Crippen molar-refractivity contribution in [3.05, 3.63) is 0 Å². The van der Waals surface area contributed by atoms with Crippen LogP contribution in [0.25, 0.3) is 0 Å². The molecule has 0 bridgehead atoms. The fraction of sp³-hybridized carbons (Fsp3) is 0.714. The van der Waals surface area contributed by atoms with Crippen molar-refractivity contribution in [3.63, 3.8) is 0 Å². The lowest BCUT2D eigenvalue weighted by atomic mass is 9.94. The van der Waals surface area contributed by atoms with Gasteiger partial charge in [0.05, 0.1) is 12.0 Å². The van der Waals surface area contributed by atoms with E-state index in [4.69, 9.17) is 10.8 Å². The number of nitrogens with one attached hydrogen (secondary N) is 1. The van der Waals surface area contributed by atoms with E-state index in [0.29, 0.717) is 0 Å². The van der Waals surface area contributed by atoms with Gasteiger partial charge in [-0.1, -0.05) is 0 Å². The first-order chi connectivity index (χ1) is 5.40. The van der Waals surface area contributed by atoms with Crippen LogP contribution in [0.3, 0.4) is 0 Å². The van der Waals surface area contributed by atoms with Crippen LogP contribution in [0.4, 0.5) is 0 Å². The van der Waals surface area contributed by atoms with E-state index in [-0.39, 0.29) is 19.0 Å². The molecule has 0 aliphatic heterocycles. The van der Waals surface area contributed by atoms with Crippen molar-refractivity contribution in [2.24, 2.45) is 11.1 Å². The topological polar surface area (TPSA) is 92.4 Å². The summed E-state index contributed by atoms with van der Waals surface area (Å²) in [6.45, 7) is 3.05. The Kier molecular flexibility index (Phi) is 3.69. The van der Waals surface area contributed by atoms with Gasteiger partial charge in [0.2, 0.25) is 5.91 Å². The first-order valence-electron chi connectivity index (χ1n) is 3.60. The van der Waals surface area contributed by atoms with E-state index in [9.17, 15) is 9.59 Å². The van der Waals surface area contributed by atoms with E-state index in [1.165, 1.54) is 13.8 Å². The number of aliphatic carboxylic acids is 1. The molecule has 0 aromatic rings. The first kappa shape index (κ1) is 10.9. The van der Waals surface area contributed by atoms with Crippen LogP contribution in [0.1, 0.15) is 13.8 Å². The molecular weight excluding hydrogens is 160 g/mol. The molecule has 0 aliphatic rings. The van der Waals surface area contributed by atoms with Gasteiger partial charge in [0, 0.05) is 6.54 Å². The lowest BCUT2D eigenvalue weighted by Crippen LogP contribution is -2.41. The Hall–Kier alpha value is -1.10. The summed E-state index contributed by atoms with van der Waals surface area (Å²) < 4.78 is 0. The maximum atomic E-state index is 10.7. The molecule has 0 aromatic heterocycles. The number of amides is 1. The third-order valence-electron chi connectivity index (χ3n) is 1.49. The number of carbonyl (C=O) groups is 2. The predicted molar refractivity (Wildman–Crippen MR) is 43.5 cm³/mol. The lowest BCUT2D eigenvalue weighted by molar-refractivity contribution is -0.146. The highest BCUT2D eigenvalue weighted by molar-refractivity contribution is 5.79. The molecular formula is C7H14N2O3. The summed E-state index contributed by atoms with van der Waals surface area (Å²) in [5, 5.41) is 11.1. The van der Waals surface area contributed by atoms with E-state index in [1.807, 2.05) is 0 Å². The summed E-state index contributed by atoms with van der Waals surface area (Å²) in [5.74, 6) is -1.29. The maximum Gasteiger partial charge on any atom is 0.310 e. The Bertz CT molecular complexity index is 189. The monoisotopic (exact) mass is 174 g/mol. The van der Waals surface area contributed by atoms with Crippen LogP contribution in [0.5, 0.6) is 0 Å². The van der Waals surface area contributed by atoms with E-state index < -0.39 is 11.4 Å². The zero-order chi connectivity index (χ0) is 9.78. The van der Waals surface area contributed by atoms with Crippen LogP contribution in [0, 0.1) is 5.41 Å². The molecule has 1 amide bonds. The van der Waals surface area contributed by atoms with Gasteiger partial charge in [-0.3, -0.25) is 9.59 Å². The Morgan fingerprint density at radius 3 is 2.33 bits per heavy atom. The SMILES string of the molecule is CC(C)(CNC(=O)CN)C(=O)O. The molecule has 0 fully saturated rings. The number of nitrogens with two attached hydrogens (primary N) is 1. The second kappa shape index (κ2) is 4.06. The Morgan fingerprint density at radius 1 is 1.50 bits per heavy atom. The van der Waals surface area contributed by atoms with Gasteiger partial charge in [0.25, 0.3) is 0 Å². The van der Waals surface area contributed by atoms with Crippen LogP contribution < -0.4 is 11.1 Å². The van der Waals surface area contributed by atoms with E-state index >= 15 is 0 Å². The van der Waals surface area contributed by atoms with Gasteiger partial charge in [-0.2, -0.15) is 0 Å². The number of carboxylic acid groups (broad SMARTS) is 1. The molecule has 0 spiro atoms. The highest BCUT2D eigenvalue weighted by Crippen LogP contribution is 2.12. The van der Waals surface area contributed by atoms with Gasteiger partial charge in [-0.15, -0.1) is 0 Å². The molecule has 0 saturated carbocycles. The van der Waals surface area contributed by atoms with Crippen LogP contribution in [0.2, 0.25) is 0 Å². The third-order valence-corrected chi connectivity index (χ3v) is 1.49. The number of hydrogen-bond acceptors (Lipinski definition) is 3. The molecule has 5 nitrogen and oxygen atoms in total. The van der Waals surface area contributed by atoms with Crippen LogP contribution in [0.15, 0.2) is 0 Å². The summed E-state index contributed by atoms with van der Waals surface area (Å²) in [7, 11) is 0. The molecule has 0 atom stereocenters. The molecule has 0 heterocycles. The summed E-state index contributed by atoms with van der Waals surface area (Å²) >= 11 is 0. The van der Waals surface area contributed by atoms with Crippen molar-refractivity contribution in [1.82, 2.24) is 5.32 Å².